The van der Waals surface area contributed by atoms with E-state index in [-0.39, 0.29) is 17.4 Å². The van der Waals surface area contributed by atoms with Crippen molar-refractivity contribution in [3.05, 3.63) is 18.3 Å². The highest BCUT2D eigenvalue weighted by Gasteiger charge is 2.44. The number of H-pyrrole nitrogens is 1. The van der Waals surface area contributed by atoms with E-state index < -0.39 is 0 Å². The minimum absolute atomic E-state index is 0.0463. The first-order valence-electron chi connectivity index (χ1n) is 7.09. The van der Waals surface area contributed by atoms with Crippen molar-refractivity contribution in [2.24, 2.45) is 17.1 Å². The number of rotatable bonds is 2. The van der Waals surface area contributed by atoms with Crippen LogP contribution in [0.4, 0.5) is 0 Å². The Morgan fingerprint density at radius 2 is 2.20 bits per heavy atom. The smallest absolute Gasteiger partial charge is 0.238 e. The lowest BCUT2D eigenvalue weighted by Gasteiger charge is -2.45. The van der Waals surface area contributed by atoms with Crippen LogP contribution in [0.15, 0.2) is 16.9 Å². The molecule has 1 aliphatic rings. The van der Waals surface area contributed by atoms with Crippen LogP contribution in [0.1, 0.15) is 45.4 Å². The second kappa shape index (κ2) is 4.70. The van der Waals surface area contributed by atoms with E-state index in [9.17, 15) is 0 Å². The van der Waals surface area contributed by atoms with Crippen LogP contribution in [0.3, 0.4) is 0 Å². The highest BCUT2D eigenvalue weighted by atomic mass is 16.5. The molecule has 0 saturated heterocycles. The lowest BCUT2D eigenvalue weighted by atomic mass is 9.61. The molecule has 1 saturated carbocycles. The molecule has 3 rings (SSSR count). The van der Waals surface area contributed by atoms with Crippen molar-refractivity contribution in [2.45, 2.75) is 45.6 Å². The summed E-state index contributed by atoms with van der Waals surface area (Å²) in [6.07, 6.45) is 5.40. The molecule has 20 heavy (non-hydrogen) atoms. The van der Waals surface area contributed by atoms with E-state index >= 15 is 0 Å². The maximum Gasteiger partial charge on any atom is 0.238 e. The maximum absolute atomic E-state index is 6.19. The summed E-state index contributed by atoms with van der Waals surface area (Å²) in [7, 11) is 0. The van der Waals surface area contributed by atoms with E-state index in [1.165, 1.54) is 0 Å². The van der Waals surface area contributed by atoms with Gasteiger partial charge < -0.3 is 15.2 Å². The number of aromatic amines is 1. The molecule has 0 spiro atoms. The van der Waals surface area contributed by atoms with E-state index in [2.05, 4.69) is 40.9 Å². The van der Waals surface area contributed by atoms with Gasteiger partial charge in [-0.3, -0.25) is 0 Å². The van der Waals surface area contributed by atoms with Crippen molar-refractivity contribution >= 4 is 0 Å². The molecule has 3 unspecified atom stereocenters. The summed E-state index contributed by atoms with van der Waals surface area (Å²) in [6, 6.07) is 0.244. The third-order valence-corrected chi connectivity index (χ3v) is 4.95. The van der Waals surface area contributed by atoms with Gasteiger partial charge in [0.25, 0.3) is 0 Å². The lowest BCUT2D eigenvalue weighted by Crippen LogP contribution is -2.45. The Balaban J connectivity index is 1.89. The zero-order valence-electron chi connectivity index (χ0n) is 12.1. The minimum atomic E-state index is 0.0463. The Morgan fingerprint density at radius 3 is 2.90 bits per heavy atom. The van der Waals surface area contributed by atoms with Gasteiger partial charge >= 0.3 is 0 Å². The first-order valence-corrected chi connectivity index (χ1v) is 7.09. The van der Waals surface area contributed by atoms with Gasteiger partial charge in [-0.1, -0.05) is 25.9 Å². The maximum atomic E-state index is 6.19. The Hall–Kier alpha value is -1.69. The Bertz CT molecular complexity index is 574. The molecule has 0 aliphatic heterocycles. The molecule has 2 aromatic rings. The molecule has 1 aliphatic carbocycles. The largest absolute Gasteiger partial charge is 0.342 e. The van der Waals surface area contributed by atoms with Crippen LogP contribution in [-0.4, -0.2) is 26.2 Å². The minimum Gasteiger partial charge on any atom is -0.342 e. The van der Waals surface area contributed by atoms with Crippen molar-refractivity contribution in [3.63, 3.8) is 0 Å². The topological polar surface area (TPSA) is 93.6 Å². The molecule has 1 fully saturated rings. The van der Waals surface area contributed by atoms with Crippen LogP contribution >= 0.6 is 0 Å². The molecule has 3 N–H and O–H groups in total. The van der Waals surface area contributed by atoms with Gasteiger partial charge in [-0.2, -0.15) is 4.98 Å². The van der Waals surface area contributed by atoms with E-state index in [4.69, 9.17) is 10.3 Å². The highest BCUT2D eigenvalue weighted by Crippen LogP contribution is 2.49. The number of nitrogens with two attached hydrogens (primary N) is 1. The molecule has 0 radical (unpaired) electrons. The van der Waals surface area contributed by atoms with Gasteiger partial charge in [-0.25, -0.2) is 4.98 Å². The second-order valence-corrected chi connectivity index (χ2v) is 6.30. The van der Waals surface area contributed by atoms with Gasteiger partial charge in [0.2, 0.25) is 11.7 Å². The fourth-order valence-corrected chi connectivity index (χ4v) is 3.15. The van der Waals surface area contributed by atoms with Gasteiger partial charge in [0, 0.05) is 24.4 Å². The third-order valence-electron chi connectivity index (χ3n) is 4.95. The first-order chi connectivity index (χ1) is 9.50. The summed E-state index contributed by atoms with van der Waals surface area (Å²) in [4.78, 5) is 11.7. The SMILES string of the molecule is CC1C(N)CCC(c2nc(-c3ncc[nH]3)no2)C1(C)C. The fraction of sp³-hybridized carbons (Fsp3) is 0.643. The van der Waals surface area contributed by atoms with Crippen molar-refractivity contribution in [1.29, 1.82) is 0 Å². The van der Waals surface area contributed by atoms with E-state index in [0.29, 0.717) is 23.5 Å². The van der Waals surface area contributed by atoms with E-state index in [1.54, 1.807) is 12.4 Å². The monoisotopic (exact) mass is 275 g/mol. The quantitative estimate of drug-likeness (QED) is 0.877. The average Bonchev–Trinajstić information content (AvgIpc) is 3.06. The normalized spacial score (nSPS) is 29.5. The Labute approximate surface area is 118 Å². The number of hydrogen-bond donors (Lipinski definition) is 2. The van der Waals surface area contributed by atoms with Crippen molar-refractivity contribution in [1.82, 2.24) is 20.1 Å². The summed E-state index contributed by atoms with van der Waals surface area (Å²) < 4.78 is 5.49. The number of imidazole rings is 1. The molecule has 0 aromatic carbocycles. The van der Waals surface area contributed by atoms with Crippen LogP contribution in [0.25, 0.3) is 11.6 Å². The summed E-state index contributed by atoms with van der Waals surface area (Å²) in [5, 5.41) is 4.03. The van der Waals surface area contributed by atoms with Crippen LogP contribution in [0.2, 0.25) is 0 Å². The lowest BCUT2D eigenvalue weighted by molar-refractivity contribution is 0.0806. The summed E-state index contributed by atoms with van der Waals surface area (Å²) in [6.45, 7) is 6.68. The van der Waals surface area contributed by atoms with Gasteiger partial charge in [0.15, 0.2) is 5.82 Å². The molecule has 2 heterocycles. The molecule has 6 nitrogen and oxygen atoms in total. The van der Waals surface area contributed by atoms with Crippen LogP contribution in [-0.2, 0) is 0 Å². The van der Waals surface area contributed by atoms with E-state index in [0.717, 1.165) is 12.8 Å². The summed E-state index contributed by atoms with van der Waals surface area (Å²) in [5.41, 5.74) is 6.24. The molecule has 3 atom stereocenters. The van der Waals surface area contributed by atoms with Crippen LogP contribution in [0, 0.1) is 11.3 Å². The van der Waals surface area contributed by atoms with Gasteiger partial charge in [-0.15, -0.1) is 0 Å². The number of hydrogen-bond acceptors (Lipinski definition) is 5. The predicted octanol–water partition coefficient (Wildman–Crippen LogP) is 2.33. The number of nitrogens with one attached hydrogen (secondary N) is 1. The Kier molecular flexibility index (Phi) is 3.12. The van der Waals surface area contributed by atoms with Crippen molar-refractivity contribution in [3.8, 4) is 11.6 Å². The van der Waals surface area contributed by atoms with Gasteiger partial charge in [0.05, 0.1) is 0 Å². The summed E-state index contributed by atoms with van der Waals surface area (Å²) >= 11 is 0. The standard InChI is InChI=1S/C14H21N5O/c1-8-10(15)5-4-9(14(8,2)3)13-18-12(19-20-13)11-16-6-7-17-11/h6-10H,4-5,15H2,1-3H3,(H,16,17). The van der Waals surface area contributed by atoms with Gasteiger partial charge in [0.1, 0.15) is 0 Å². The molecule has 2 aromatic heterocycles. The molecule has 0 bridgehead atoms. The predicted molar refractivity (Wildman–Crippen MR) is 74.8 cm³/mol. The van der Waals surface area contributed by atoms with Crippen LogP contribution < -0.4 is 5.73 Å². The zero-order chi connectivity index (χ0) is 14.3. The number of nitrogens with zero attached hydrogens (tertiary/aromatic N) is 3. The molecular weight excluding hydrogens is 254 g/mol. The third kappa shape index (κ3) is 2.04. The van der Waals surface area contributed by atoms with Gasteiger partial charge in [-0.05, 0) is 24.2 Å². The molecule has 108 valence electrons. The van der Waals surface area contributed by atoms with E-state index in [1.807, 2.05) is 0 Å². The van der Waals surface area contributed by atoms with Crippen LogP contribution in [0.5, 0.6) is 0 Å². The molecule has 0 amide bonds. The summed E-state index contributed by atoms with van der Waals surface area (Å²) in [5.74, 6) is 2.51. The highest BCUT2D eigenvalue weighted by molar-refractivity contribution is 5.41. The molecular formula is C14H21N5O. The van der Waals surface area contributed by atoms with Crippen molar-refractivity contribution in [2.75, 3.05) is 0 Å². The second-order valence-electron chi connectivity index (χ2n) is 6.30. The van der Waals surface area contributed by atoms with Crippen molar-refractivity contribution < 1.29 is 4.52 Å². The Morgan fingerprint density at radius 1 is 1.40 bits per heavy atom. The average molecular weight is 275 g/mol. The number of aromatic nitrogens is 4. The molecule has 6 heteroatoms. The zero-order valence-corrected chi connectivity index (χ0v) is 12.1. The fourth-order valence-electron chi connectivity index (χ4n) is 3.15. The first kappa shape index (κ1) is 13.3.